The number of thiazole rings is 1. The van der Waals surface area contributed by atoms with E-state index in [2.05, 4.69) is 10.3 Å². The number of anilines is 2. The number of carbonyl (C=O) groups is 1. The highest BCUT2D eigenvalue weighted by atomic mass is 32.1. The van der Waals surface area contributed by atoms with Crippen molar-refractivity contribution in [2.75, 3.05) is 24.6 Å². The standard InChI is InChI=1S/C13H22N4OS/c1-8(2)15-13-16-11(14)10(19-13)12(18)17(3)7-9-5-4-6-9/h8-9H,4-7,14H2,1-3H3,(H,15,16). The van der Waals surface area contributed by atoms with Gasteiger partial charge in [0, 0.05) is 19.6 Å². The monoisotopic (exact) mass is 282 g/mol. The Hall–Kier alpha value is -1.30. The first-order valence-corrected chi connectivity index (χ1v) is 7.57. The summed E-state index contributed by atoms with van der Waals surface area (Å²) in [7, 11) is 1.84. The molecule has 0 saturated heterocycles. The molecule has 0 aliphatic heterocycles. The Morgan fingerprint density at radius 3 is 2.79 bits per heavy atom. The fourth-order valence-corrected chi connectivity index (χ4v) is 3.14. The lowest BCUT2D eigenvalue weighted by molar-refractivity contribution is 0.0751. The molecule has 0 atom stereocenters. The summed E-state index contributed by atoms with van der Waals surface area (Å²) < 4.78 is 0. The number of hydrogen-bond acceptors (Lipinski definition) is 5. The maximum Gasteiger partial charge on any atom is 0.267 e. The Labute approximate surface area is 118 Å². The second-order valence-corrected chi connectivity index (χ2v) is 6.51. The van der Waals surface area contributed by atoms with Gasteiger partial charge in [-0.25, -0.2) is 4.98 Å². The highest BCUT2D eigenvalue weighted by Crippen LogP contribution is 2.29. The molecule has 2 rings (SSSR count). The largest absolute Gasteiger partial charge is 0.382 e. The summed E-state index contributed by atoms with van der Waals surface area (Å²) in [4.78, 5) is 18.9. The van der Waals surface area contributed by atoms with Gasteiger partial charge < -0.3 is 16.0 Å². The van der Waals surface area contributed by atoms with Crippen LogP contribution in [-0.2, 0) is 0 Å². The van der Waals surface area contributed by atoms with E-state index in [0.29, 0.717) is 21.7 Å². The smallest absolute Gasteiger partial charge is 0.267 e. The van der Waals surface area contributed by atoms with E-state index in [9.17, 15) is 4.79 Å². The summed E-state index contributed by atoms with van der Waals surface area (Å²) in [6.45, 7) is 4.88. The molecular formula is C13H22N4OS. The third kappa shape index (κ3) is 3.37. The first-order chi connectivity index (χ1) is 8.97. The molecule has 19 heavy (non-hydrogen) atoms. The van der Waals surface area contributed by atoms with Crippen molar-refractivity contribution in [3.8, 4) is 0 Å². The molecule has 1 aliphatic rings. The first kappa shape index (κ1) is 14.1. The second kappa shape index (κ2) is 5.77. The molecule has 1 saturated carbocycles. The van der Waals surface area contributed by atoms with Crippen LogP contribution in [0.25, 0.3) is 0 Å². The highest BCUT2D eigenvalue weighted by Gasteiger charge is 2.25. The maximum atomic E-state index is 12.3. The lowest BCUT2D eigenvalue weighted by Crippen LogP contribution is -2.34. The van der Waals surface area contributed by atoms with E-state index in [0.717, 1.165) is 6.54 Å². The molecular weight excluding hydrogens is 260 g/mol. The Morgan fingerprint density at radius 1 is 1.58 bits per heavy atom. The molecule has 1 fully saturated rings. The minimum atomic E-state index is -0.0151. The Balaban J connectivity index is 2.02. The van der Waals surface area contributed by atoms with Crippen molar-refractivity contribution in [3.05, 3.63) is 4.88 Å². The number of nitrogen functional groups attached to an aromatic ring is 1. The van der Waals surface area contributed by atoms with Gasteiger partial charge in [-0.2, -0.15) is 0 Å². The van der Waals surface area contributed by atoms with Crippen LogP contribution in [0.15, 0.2) is 0 Å². The molecule has 1 aliphatic carbocycles. The molecule has 1 aromatic rings. The lowest BCUT2D eigenvalue weighted by Gasteiger charge is -2.29. The highest BCUT2D eigenvalue weighted by molar-refractivity contribution is 7.18. The van der Waals surface area contributed by atoms with Crippen LogP contribution in [0.2, 0.25) is 0 Å². The number of nitrogens with zero attached hydrogens (tertiary/aromatic N) is 2. The molecule has 6 heteroatoms. The second-order valence-electron chi connectivity index (χ2n) is 5.52. The topological polar surface area (TPSA) is 71.2 Å². The molecule has 1 amide bonds. The zero-order valence-corrected chi connectivity index (χ0v) is 12.6. The maximum absolute atomic E-state index is 12.3. The van der Waals surface area contributed by atoms with E-state index in [1.165, 1.54) is 30.6 Å². The number of aromatic nitrogens is 1. The van der Waals surface area contributed by atoms with Crippen LogP contribution < -0.4 is 11.1 Å². The van der Waals surface area contributed by atoms with Crippen molar-refractivity contribution in [3.63, 3.8) is 0 Å². The van der Waals surface area contributed by atoms with Crippen molar-refractivity contribution in [2.45, 2.75) is 39.2 Å². The van der Waals surface area contributed by atoms with Gasteiger partial charge in [0.25, 0.3) is 5.91 Å². The quantitative estimate of drug-likeness (QED) is 0.870. The van der Waals surface area contributed by atoms with Crippen molar-refractivity contribution in [1.29, 1.82) is 0 Å². The summed E-state index contributed by atoms with van der Waals surface area (Å²) in [6, 6.07) is 0.279. The summed E-state index contributed by atoms with van der Waals surface area (Å²) in [5.74, 6) is 0.980. The predicted octanol–water partition coefficient (Wildman–Crippen LogP) is 2.42. The molecule has 5 nitrogen and oxygen atoms in total. The van der Waals surface area contributed by atoms with Crippen LogP contribution in [0, 0.1) is 5.92 Å². The average molecular weight is 282 g/mol. The lowest BCUT2D eigenvalue weighted by atomic mass is 9.85. The fraction of sp³-hybridized carbons (Fsp3) is 0.692. The molecule has 1 heterocycles. The molecule has 0 unspecified atom stereocenters. The van der Waals surface area contributed by atoms with Crippen molar-refractivity contribution >= 4 is 28.2 Å². The summed E-state index contributed by atoms with van der Waals surface area (Å²) >= 11 is 1.34. The van der Waals surface area contributed by atoms with Crippen LogP contribution in [-0.4, -0.2) is 35.4 Å². The van der Waals surface area contributed by atoms with Crippen molar-refractivity contribution < 1.29 is 4.79 Å². The van der Waals surface area contributed by atoms with Gasteiger partial charge >= 0.3 is 0 Å². The zero-order chi connectivity index (χ0) is 14.0. The minimum absolute atomic E-state index is 0.0151. The van der Waals surface area contributed by atoms with E-state index >= 15 is 0 Å². The molecule has 0 spiro atoms. The predicted molar refractivity (Wildman–Crippen MR) is 79.6 cm³/mol. The van der Waals surface area contributed by atoms with E-state index in [1.54, 1.807) is 4.90 Å². The summed E-state index contributed by atoms with van der Waals surface area (Å²) in [5, 5.41) is 3.90. The Kier molecular flexibility index (Phi) is 4.29. The average Bonchev–Trinajstić information content (AvgIpc) is 2.62. The van der Waals surface area contributed by atoms with Crippen molar-refractivity contribution in [1.82, 2.24) is 9.88 Å². The number of nitrogens with two attached hydrogens (primary N) is 1. The van der Waals surface area contributed by atoms with Crippen LogP contribution in [0.5, 0.6) is 0 Å². The Morgan fingerprint density at radius 2 is 2.26 bits per heavy atom. The number of carbonyl (C=O) groups excluding carboxylic acids is 1. The first-order valence-electron chi connectivity index (χ1n) is 6.75. The van der Waals surface area contributed by atoms with E-state index in [-0.39, 0.29) is 11.9 Å². The molecule has 3 N–H and O–H groups in total. The summed E-state index contributed by atoms with van der Waals surface area (Å²) in [6.07, 6.45) is 3.75. The van der Waals surface area contributed by atoms with Crippen LogP contribution in [0.3, 0.4) is 0 Å². The van der Waals surface area contributed by atoms with E-state index in [1.807, 2.05) is 20.9 Å². The van der Waals surface area contributed by atoms with E-state index in [4.69, 9.17) is 5.73 Å². The van der Waals surface area contributed by atoms with Crippen LogP contribution in [0.4, 0.5) is 10.9 Å². The third-order valence-corrected chi connectivity index (χ3v) is 4.35. The molecule has 1 aromatic heterocycles. The van der Waals surface area contributed by atoms with Gasteiger partial charge in [-0.3, -0.25) is 4.79 Å². The van der Waals surface area contributed by atoms with Crippen molar-refractivity contribution in [2.24, 2.45) is 5.92 Å². The molecule has 0 bridgehead atoms. The fourth-order valence-electron chi connectivity index (χ4n) is 2.11. The number of hydrogen-bond donors (Lipinski definition) is 2. The molecule has 0 radical (unpaired) electrons. The van der Waals surface area contributed by atoms with Gasteiger partial charge in [-0.1, -0.05) is 17.8 Å². The zero-order valence-electron chi connectivity index (χ0n) is 11.8. The van der Waals surface area contributed by atoms with Gasteiger partial charge in [-0.15, -0.1) is 0 Å². The molecule has 0 aromatic carbocycles. The van der Waals surface area contributed by atoms with Gasteiger partial charge in [0.05, 0.1) is 0 Å². The SMILES string of the molecule is CC(C)Nc1nc(N)c(C(=O)N(C)CC2CCC2)s1. The van der Waals surface area contributed by atoms with Gasteiger partial charge in [0.15, 0.2) is 5.13 Å². The number of amides is 1. The van der Waals surface area contributed by atoms with Gasteiger partial charge in [0.1, 0.15) is 10.7 Å². The van der Waals surface area contributed by atoms with Crippen LogP contribution >= 0.6 is 11.3 Å². The number of nitrogens with one attached hydrogen (secondary N) is 1. The summed E-state index contributed by atoms with van der Waals surface area (Å²) in [5.41, 5.74) is 5.84. The normalized spacial score (nSPS) is 15.4. The Bertz CT molecular complexity index is 453. The van der Waals surface area contributed by atoms with Gasteiger partial charge in [-0.05, 0) is 32.6 Å². The van der Waals surface area contributed by atoms with Gasteiger partial charge in [0.2, 0.25) is 0 Å². The third-order valence-electron chi connectivity index (χ3n) is 3.36. The minimum Gasteiger partial charge on any atom is -0.382 e. The van der Waals surface area contributed by atoms with E-state index < -0.39 is 0 Å². The molecule has 106 valence electrons. The van der Waals surface area contributed by atoms with Crippen LogP contribution in [0.1, 0.15) is 42.8 Å². The number of rotatable bonds is 5.